The van der Waals surface area contributed by atoms with Crippen LogP contribution in [0.1, 0.15) is 34.8 Å². The fourth-order valence-electron chi connectivity index (χ4n) is 3.08. The van der Waals surface area contributed by atoms with Crippen LogP contribution in [0.5, 0.6) is 0 Å². The van der Waals surface area contributed by atoms with Crippen molar-refractivity contribution in [3.63, 3.8) is 0 Å². The molecule has 6 heteroatoms. The molecule has 1 atom stereocenters. The van der Waals surface area contributed by atoms with E-state index < -0.39 is 5.97 Å². The number of fused-ring (bicyclic) bond motifs is 1. The van der Waals surface area contributed by atoms with Crippen LogP contribution in [-0.4, -0.2) is 28.5 Å². The molecule has 0 radical (unpaired) electrons. The van der Waals surface area contributed by atoms with E-state index in [1.807, 2.05) is 30.3 Å². The number of aromatic nitrogens is 2. The van der Waals surface area contributed by atoms with Crippen molar-refractivity contribution < 1.29 is 14.3 Å². The van der Waals surface area contributed by atoms with Crippen molar-refractivity contribution in [3.8, 4) is 0 Å². The summed E-state index contributed by atoms with van der Waals surface area (Å²) in [4.78, 5) is 32.9. The number of nitrogens with one attached hydrogen (secondary N) is 1. The van der Waals surface area contributed by atoms with Crippen LogP contribution in [0, 0.1) is 5.92 Å². The van der Waals surface area contributed by atoms with Gasteiger partial charge in [0.25, 0.3) is 5.91 Å². The van der Waals surface area contributed by atoms with Crippen LogP contribution in [-0.2, 0) is 9.53 Å². The summed E-state index contributed by atoms with van der Waals surface area (Å²) < 4.78 is 5.18. The van der Waals surface area contributed by atoms with Crippen molar-refractivity contribution in [1.29, 1.82) is 0 Å². The largest absolute Gasteiger partial charge is 0.452 e. The Labute approximate surface area is 156 Å². The van der Waals surface area contributed by atoms with Crippen molar-refractivity contribution >= 4 is 22.9 Å². The number of hydrogen-bond donors (Lipinski definition) is 1. The molecule has 1 N–H and O–H groups in total. The summed E-state index contributed by atoms with van der Waals surface area (Å²) in [6, 6.07) is 14.8. The van der Waals surface area contributed by atoms with Crippen molar-refractivity contribution in [2.24, 2.45) is 5.92 Å². The summed E-state index contributed by atoms with van der Waals surface area (Å²) in [5.74, 6) is -0.406. The van der Waals surface area contributed by atoms with E-state index in [-0.39, 0.29) is 18.6 Å². The summed E-state index contributed by atoms with van der Waals surface area (Å²) in [5.41, 5.74) is 2.72. The first kappa shape index (κ1) is 17.1. The standard InChI is InChI=1S/C21H19N3O3/c25-19(24-20(15-6-7-15)14-4-2-1-3-5-14)13-27-21(26)16-8-9-17-18(12-16)23-11-10-22-17/h1-5,8-12,15,20H,6-7,13H2,(H,24,25)/t20-/m1/s1. The lowest BCUT2D eigenvalue weighted by atomic mass is 10.0. The summed E-state index contributed by atoms with van der Waals surface area (Å²) in [6.07, 6.45) is 5.34. The molecule has 1 aliphatic carbocycles. The van der Waals surface area contributed by atoms with Crippen molar-refractivity contribution in [2.45, 2.75) is 18.9 Å². The Bertz CT molecular complexity index is 971. The van der Waals surface area contributed by atoms with Gasteiger partial charge in [-0.1, -0.05) is 30.3 Å². The number of ether oxygens (including phenoxy) is 1. The maximum absolute atomic E-state index is 12.3. The molecule has 0 spiro atoms. The molecular formula is C21H19N3O3. The van der Waals surface area contributed by atoms with Crippen molar-refractivity contribution in [1.82, 2.24) is 15.3 Å². The van der Waals surface area contributed by atoms with Gasteiger partial charge in [-0.3, -0.25) is 14.8 Å². The van der Waals surface area contributed by atoms with Crippen molar-refractivity contribution in [2.75, 3.05) is 6.61 Å². The van der Waals surface area contributed by atoms with E-state index in [4.69, 9.17) is 4.74 Å². The van der Waals surface area contributed by atoms with Crippen LogP contribution in [0.15, 0.2) is 60.9 Å². The van der Waals surface area contributed by atoms with E-state index in [2.05, 4.69) is 15.3 Å². The molecule has 1 amide bonds. The molecule has 6 nitrogen and oxygen atoms in total. The Kier molecular flexibility index (Phi) is 4.78. The van der Waals surface area contributed by atoms with Gasteiger partial charge in [0.1, 0.15) is 0 Å². The minimum absolute atomic E-state index is 0.0339. The average Bonchev–Trinajstić information content (AvgIpc) is 3.55. The Morgan fingerprint density at radius 1 is 1.04 bits per heavy atom. The molecule has 1 aromatic heterocycles. The lowest BCUT2D eigenvalue weighted by Crippen LogP contribution is -2.33. The summed E-state index contributed by atoms with van der Waals surface area (Å²) >= 11 is 0. The smallest absolute Gasteiger partial charge is 0.338 e. The molecule has 2 aromatic carbocycles. The van der Waals surface area contributed by atoms with Crippen LogP contribution in [0.4, 0.5) is 0 Å². The second-order valence-corrected chi connectivity index (χ2v) is 6.63. The number of benzene rings is 2. The van der Waals surface area contributed by atoms with Crippen LogP contribution < -0.4 is 5.32 Å². The highest BCUT2D eigenvalue weighted by Crippen LogP contribution is 2.40. The molecule has 136 valence electrons. The molecule has 3 aromatic rings. The molecule has 1 saturated carbocycles. The first-order valence-electron chi connectivity index (χ1n) is 8.93. The number of nitrogens with zero attached hydrogens (tertiary/aromatic N) is 2. The first-order valence-corrected chi connectivity index (χ1v) is 8.93. The predicted octanol–water partition coefficient (Wildman–Crippen LogP) is 3.05. The van der Waals surface area contributed by atoms with Gasteiger partial charge in [0.05, 0.1) is 22.6 Å². The third kappa shape index (κ3) is 4.11. The van der Waals surface area contributed by atoms with Gasteiger partial charge < -0.3 is 10.1 Å². The Morgan fingerprint density at radius 2 is 1.78 bits per heavy atom. The molecular weight excluding hydrogens is 342 g/mol. The number of esters is 1. The molecule has 0 bridgehead atoms. The van der Waals surface area contributed by atoms with Gasteiger partial charge in [-0.05, 0) is 42.5 Å². The number of hydrogen-bond acceptors (Lipinski definition) is 5. The van der Waals surface area contributed by atoms with Crippen LogP contribution in [0.25, 0.3) is 11.0 Å². The average molecular weight is 361 g/mol. The minimum atomic E-state index is -0.555. The van der Waals surface area contributed by atoms with Gasteiger partial charge in [-0.25, -0.2) is 4.79 Å². The minimum Gasteiger partial charge on any atom is -0.452 e. The van der Waals surface area contributed by atoms with Crippen LogP contribution >= 0.6 is 0 Å². The Hall–Kier alpha value is -3.28. The normalized spacial score (nSPS) is 14.5. The van der Waals surface area contributed by atoms with E-state index in [1.165, 1.54) is 0 Å². The maximum Gasteiger partial charge on any atom is 0.338 e. The fraction of sp³-hybridized carbons (Fsp3) is 0.238. The third-order valence-corrected chi connectivity index (χ3v) is 4.61. The third-order valence-electron chi connectivity index (χ3n) is 4.61. The zero-order valence-electron chi connectivity index (χ0n) is 14.7. The van der Waals surface area contributed by atoms with Gasteiger partial charge in [-0.2, -0.15) is 0 Å². The number of carbonyl (C=O) groups excluding carboxylic acids is 2. The lowest BCUT2D eigenvalue weighted by Gasteiger charge is -2.18. The van der Waals surface area contributed by atoms with Crippen molar-refractivity contribution in [3.05, 3.63) is 72.1 Å². The van der Waals surface area contributed by atoms with Gasteiger partial charge in [0, 0.05) is 12.4 Å². The molecule has 27 heavy (non-hydrogen) atoms. The molecule has 0 saturated heterocycles. The quantitative estimate of drug-likeness (QED) is 0.683. The van der Waals surface area contributed by atoms with E-state index in [0.29, 0.717) is 22.5 Å². The highest BCUT2D eigenvalue weighted by Gasteiger charge is 2.33. The van der Waals surface area contributed by atoms with Crippen LogP contribution in [0.3, 0.4) is 0 Å². The SMILES string of the molecule is O=C(COC(=O)c1ccc2nccnc2c1)N[C@H](c1ccccc1)C1CC1. The maximum atomic E-state index is 12.3. The number of rotatable bonds is 6. The van der Waals surface area contributed by atoms with Crippen LogP contribution in [0.2, 0.25) is 0 Å². The summed E-state index contributed by atoms with van der Waals surface area (Å²) in [6.45, 7) is -0.312. The molecule has 1 aliphatic rings. The lowest BCUT2D eigenvalue weighted by molar-refractivity contribution is -0.125. The van der Waals surface area contributed by atoms with E-state index in [0.717, 1.165) is 18.4 Å². The second kappa shape index (κ2) is 7.53. The topological polar surface area (TPSA) is 81.2 Å². The highest BCUT2D eigenvalue weighted by molar-refractivity contribution is 5.94. The van der Waals surface area contributed by atoms with E-state index in [1.54, 1.807) is 30.6 Å². The van der Waals surface area contributed by atoms with E-state index in [9.17, 15) is 9.59 Å². The Balaban J connectivity index is 1.37. The summed E-state index contributed by atoms with van der Waals surface area (Å²) in [7, 11) is 0. The highest BCUT2D eigenvalue weighted by atomic mass is 16.5. The van der Waals surface area contributed by atoms with Gasteiger partial charge in [0.2, 0.25) is 0 Å². The monoisotopic (exact) mass is 361 g/mol. The molecule has 1 heterocycles. The van der Waals surface area contributed by atoms with E-state index >= 15 is 0 Å². The number of carbonyl (C=O) groups is 2. The van der Waals surface area contributed by atoms with Gasteiger partial charge >= 0.3 is 5.97 Å². The fourth-order valence-corrected chi connectivity index (χ4v) is 3.08. The second-order valence-electron chi connectivity index (χ2n) is 6.63. The zero-order chi connectivity index (χ0) is 18.6. The van der Waals surface area contributed by atoms with Gasteiger partial charge in [0.15, 0.2) is 6.61 Å². The molecule has 4 rings (SSSR count). The molecule has 0 aliphatic heterocycles. The molecule has 1 fully saturated rings. The predicted molar refractivity (Wildman–Crippen MR) is 99.9 cm³/mol. The number of amides is 1. The summed E-state index contributed by atoms with van der Waals surface area (Å²) in [5, 5.41) is 2.99. The zero-order valence-corrected chi connectivity index (χ0v) is 14.7. The molecule has 0 unspecified atom stereocenters. The first-order chi connectivity index (χ1) is 13.2. The Morgan fingerprint density at radius 3 is 2.52 bits per heavy atom. The van der Waals surface area contributed by atoms with Gasteiger partial charge in [-0.15, -0.1) is 0 Å².